The normalized spacial score (nSPS) is 35.8. The minimum Gasteiger partial charge on any atom is -0.478 e. The molecule has 1 aromatic carbocycles. The lowest BCUT2D eigenvalue weighted by molar-refractivity contribution is -0.134. The summed E-state index contributed by atoms with van der Waals surface area (Å²) in [4.78, 5) is 11.7. The third-order valence-electron chi connectivity index (χ3n) is 5.55. The van der Waals surface area contributed by atoms with Crippen molar-refractivity contribution in [3.05, 3.63) is 41.5 Å². The van der Waals surface area contributed by atoms with Crippen molar-refractivity contribution in [2.75, 3.05) is 0 Å². The van der Waals surface area contributed by atoms with Crippen LogP contribution in [0.2, 0.25) is 0 Å². The SMILES string of the molecule is O=C(O)C1=C(c2ccccc2)C2CCC1C1CCC21. The molecule has 4 aliphatic carbocycles. The smallest absolute Gasteiger partial charge is 0.332 e. The summed E-state index contributed by atoms with van der Waals surface area (Å²) in [6, 6.07) is 10.2. The maximum atomic E-state index is 11.7. The Morgan fingerprint density at radius 1 is 0.947 bits per heavy atom. The first-order valence-electron chi connectivity index (χ1n) is 7.30. The van der Waals surface area contributed by atoms with E-state index in [4.69, 9.17) is 0 Å². The molecule has 0 amide bonds. The molecule has 98 valence electrons. The van der Waals surface area contributed by atoms with E-state index >= 15 is 0 Å². The number of aliphatic carboxylic acids is 1. The zero-order valence-corrected chi connectivity index (χ0v) is 10.9. The highest BCUT2D eigenvalue weighted by Gasteiger charge is 2.53. The van der Waals surface area contributed by atoms with E-state index in [0.717, 1.165) is 29.0 Å². The number of allylic oxidation sites excluding steroid dienone is 1. The first-order valence-corrected chi connectivity index (χ1v) is 7.30. The molecular weight excluding hydrogens is 236 g/mol. The van der Waals surface area contributed by atoms with Crippen molar-refractivity contribution >= 4 is 11.5 Å². The molecule has 2 fully saturated rings. The van der Waals surface area contributed by atoms with Gasteiger partial charge >= 0.3 is 5.97 Å². The third-order valence-corrected chi connectivity index (χ3v) is 5.55. The Balaban J connectivity index is 1.91. The summed E-state index contributed by atoms with van der Waals surface area (Å²) in [6.07, 6.45) is 4.82. The molecule has 1 N–H and O–H groups in total. The van der Waals surface area contributed by atoms with Crippen LogP contribution in [0, 0.1) is 23.7 Å². The summed E-state index contributed by atoms with van der Waals surface area (Å²) in [5.74, 6) is 1.56. The minimum atomic E-state index is -0.682. The van der Waals surface area contributed by atoms with Crippen molar-refractivity contribution in [2.45, 2.75) is 25.7 Å². The fourth-order valence-corrected chi connectivity index (χ4v) is 4.72. The topological polar surface area (TPSA) is 37.3 Å². The number of carboxylic acid groups (broad SMARTS) is 1. The molecule has 4 unspecified atom stereocenters. The number of benzene rings is 1. The molecule has 4 atom stereocenters. The van der Waals surface area contributed by atoms with E-state index in [0.29, 0.717) is 17.8 Å². The van der Waals surface area contributed by atoms with Gasteiger partial charge in [0.2, 0.25) is 0 Å². The van der Waals surface area contributed by atoms with Crippen LogP contribution in [-0.2, 0) is 4.79 Å². The lowest BCUT2D eigenvalue weighted by atomic mass is 9.48. The number of carboxylic acids is 1. The van der Waals surface area contributed by atoms with Crippen LogP contribution in [0.5, 0.6) is 0 Å². The monoisotopic (exact) mass is 254 g/mol. The predicted octanol–water partition coefficient (Wildman–Crippen LogP) is 3.59. The van der Waals surface area contributed by atoms with Crippen LogP contribution < -0.4 is 0 Å². The van der Waals surface area contributed by atoms with Crippen molar-refractivity contribution in [3.63, 3.8) is 0 Å². The maximum absolute atomic E-state index is 11.7. The van der Waals surface area contributed by atoms with Crippen molar-refractivity contribution < 1.29 is 9.90 Å². The second-order valence-electron chi connectivity index (χ2n) is 6.19. The zero-order valence-electron chi connectivity index (χ0n) is 10.9. The Morgan fingerprint density at radius 2 is 1.58 bits per heavy atom. The van der Waals surface area contributed by atoms with Gasteiger partial charge in [-0.1, -0.05) is 30.3 Å². The highest BCUT2D eigenvalue weighted by Crippen LogP contribution is 2.61. The van der Waals surface area contributed by atoms with E-state index < -0.39 is 5.97 Å². The van der Waals surface area contributed by atoms with Gasteiger partial charge in [-0.15, -0.1) is 0 Å². The van der Waals surface area contributed by atoms with Gasteiger partial charge in [0.15, 0.2) is 0 Å². The molecule has 0 aliphatic heterocycles. The molecule has 2 nitrogen and oxygen atoms in total. The number of carbonyl (C=O) groups is 1. The predicted molar refractivity (Wildman–Crippen MR) is 73.4 cm³/mol. The summed E-state index contributed by atoms with van der Waals surface area (Å²) in [5, 5.41) is 9.66. The van der Waals surface area contributed by atoms with Gasteiger partial charge in [-0.2, -0.15) is 0 Å². The molecule has 19 heavy (non-hydrogen) atoms. The first kappa shape index (κ1) is 11.3. The van der Waals surface area contributed by atoms with E-state index in [9.17, 15) is 9.90 Å². The van der Waals surface area contributed by atoms with Crippen LogP contribution in [0.4, 0.5) is 0 Å². The van der Waals surface area contributed by atoms with Crippen LogP contribution in [0.25, 0.3) is 5.57 Å². The largest absolute Gasteiger partial charge is 0.478 e. The minimum absolute atomic E-state index is 0.316. The third kappa shape index (κ3) is 1.46. The van der Waals surface area contributed by atoms with Gasteiger partial charge in [0.05, 0.1) is 0 Å². The maximum Gasteiger partial charge on any atom is 0.332 e. The average Bonchev–Trinajstić information content (AvgIpc) is 2.38. The molecule has 0 radical (unpaired) electrons. The molecule has 1 aromatic rings. The average molecular weight is 254 g/mol. The lowest BCUT2D eigenvalue weighted by Gasteiger charge is -2.56. The standard InChI is InChI=1S/C17H18O2/c18-17(19)16-14-9-8-13(11-6-7-12(11)14)15(16)10-4-2-1-3-5-10/h1-5,11-14H,6-9H2,(H,18,19). The van der Waals surface area contributed by atoms with E-state index in [-0.39, 0.29) is 0 Å². The highest BCUT2D eigenvalue weighted by molar-refractivity contribution is 5.98. The van der Waals surface area contributed by atoms with E-state index in [1.807, 2.05) is 18.2 Å². The highest BCUT2D eigenvalue weighted by atomic mass is 16.4. The van der Waals surface area contributed by atoms with Gasteiger partial charge in [-0.25, -0.2) is 4.79 Å². The van der Waals surface area contributed by atoms with Crippen molar-refractivity contribution in [1.82, 2.24) is 0 Å². The van der Waals surface area contributed by atoms with Crippen LogP contribution in [-0.4, -0.2) is 11.1 Å². The summed E-state index contributed by atoms with van der Waals surface area (Å²) >= 11 is 0. The number of fused-ring (bicyclic) bond motifs is 1. The van der Waals surface area contributed by atoms with Gasteiger partial charge in [-0.3, -0.25) is 0 Å². The molecule has 5 rings (SSSR count). The number of rotatable bonds is 2. The zero-order chi connectivity index (χ0) is 13.0. The molecule has 0 heterocycles. The first-order chi connectivity index (χ1) is 9.27. The molecule has 4 aliphatic rings. The van der Waals surface area contributed by atoms with Crippen LogP contribution in [0.1, 0.15) is 31.2 Å². The molecule has 2 heteroatoms. The number of hydrogen-bond acceptors (Lipinski definition) is 1. The van der Waals surface area contributed by atoms with E-state index in [2.05, 4.69) is 12.1 Å². The van der Waals surface area contributed by atoms with Crippen molar-refractivity contribution in [1.29, 1.82) is 0 Å². The van der Waals surface area contributed by atoms with Gasteiger partial charge in [-0.05, 0) is 60.5 Å². The summed E-state index contributed by atoms with van der Waals surface area (Å²) < 4.78 is 0. The Bertz CT molecular complexity index is 558. The van der Waals surface area contributed by atoms with Gasteiger partial charge < -0.3 is 5.11 Å². The van der Waals surface area contributed by atoms with Crippen LogP contribution >= 0.6 is 0 Å². The Kier molecular flexibility index (Phi) is 2.35. The van der Waals surface area contributed by atoms with Crippen molar-refractivity contribution in [2.24, 2.45) is 23.7 Å². The molecular formula is C17H18O2. The number of hydrogen-bond donors (Lipinski definition) is 1. The van der Waals surface area contributed by atoms with E-state index in [1.165, 1.54) is 19.3 Å². The van der Waals surface area contributed by atoms with Gasteiger partial charge in [0.25, 0.3) is 0 Å². The summed E-state index contributed by atoms with van der Waals surface area (Å²) in [5.41, 5.74) is 3.04. The quantitative estimate of drug-likeness (QED) is 0.875. The van der Waals surface area contributed by atoms with Gasteiger partial charge in [0, 0.05) is 5.57 Å². The molecule has 0 aromatic heterocycles. The summed E-state index contributed by atoms with van der Waals surface area (Å²) in [6.45, 7) is 0. The Labute approximate surface area is 113 Å². The van der Waals surface area contributed by atoms with Crippen LogP contribution in [0.3, 0.4) is 0 Å². The second-order valence-corrected chi connectivity index (χ2v) is 6.19. The van der Waals surface area contributed by atoms with Gasteiger partial charge in [0.1, 0.15) is 0 Å². The molecule has 0 spiro atoms. The molecule has 0 saturated heterocycles. The van der Waals surface area contributed by atoms with Crippen LogP contribution in [0.15, 0.2) is 35.9 Å². The summed E-state index contributed by atoms with van der Waals surface area (Å²) in [7, 11) is 0. The van der Waals surface area contributed by atoms with Crippen molar-refractivity contribution in [3.8, 4) is 0 Å². The fourth-order valence-electron chi connectivity index (χ4n) is 4.72. The van der Waals surface area contributed by atoms with E-state index in [1.54, 1.807) is 0 Å². The fraction of sp³-hybridized carbons (Fsp3) is 0.471. The Hall–Kier alpha value is -1.57. The molecule has 2 bridgehead atoms. The lowest BCUT2D eigenvalue weighted by Crippen LogP contribution is -2.48. The Morgan fingerprint density at radius 3 is 2.21 bits per heavy atom. The second kappa shape index (κ2) is 3.96. The molecule has 2 saturated carbocycles.